The maximum atomic E-state index is 16.1. The first-order valence-corrected chi connectivity index (χ1v) is 14.2. The minimum Gasteiger partial charge on any atom is -0.481 e. The second-order valence-corrected chi connectivity index (χ2v) is 10.8. The number of anilines is 1. The lowest BCUT2D eigenvalue weighted by molar-refractivity contribution is -0.119. The van der Waals surface area contributed by atoms with Gasteiger partial charge in [0.15, 0.2) is 0 Å². The van der Waals surface area contributed by atoms with Gasteiger partial charge in [0.1, 0.15) is 11.4 Å². The van der Waals surface area contributed by atoms with Gasteiger partial charge in [0.2, 0.25) is 11.8 Å². The molecule has 0 saturated carbocycles. The van der Waals surface area contributed by atoms with E-state index in [2.05, 4.69) is 20.9 Å². The van der Waals surface area contributed by atoms with E-state index in [0.29, 0.717) is 36.6 Å². The third-order valence-corrected chi connectivity index (χ3v) is 7.83. The van der Waals surface area contributed by atoms with Crippen LogP contribution in [0.25, 0.3) is 22.4 Å². The smallest absolute Gasteiger partial charge is 0.330 e. The van der Waals surface area contributed by atoms with Crippen LogP contribution in [-0.2, 0) is 25.4 Å². The Morgan fingerprint density at radius 2 is 1.82 bits per heavy atom. The van der Waals surface area contributed by atoms with Crippen molar-refractivity contribution < 1.29 is 18.7 Å². The van der Waals surface area contributed by atoms with Gasteiger partial charge < -0.3 is 25.3 Å². The zero-order valence-electron chi connectivity index (χ0n) is 24.2. The number of amides is 2. The van der Waals surface area contributed by atoms with Gasteiger partial charge in [-0.2, -0.15) is 0 Å². The number of carbonyl (C=O) groups excluding carboxylic acids is 2. The van der Waals surface area contributed by atoms with Crippen molar-refractivity contribution in [2.75, 3.05) is 19.0 Å². The standard InChI is InChI=1S/C31H30ClFN6O5/c1-38-16-22(30(42)39(2)31(38)43)28(41)36-24-9-5-6-19(26(24)32)20-7-4-8-21(27(20)33)23-12-10-17(29(37-23)44-3)14-34-15-18-11-13-25(40)35-18/h4-10,12,16,18,34H,11,13-15H2,1-3H3,(H,35,40)(H,36,41)/t18-/m0/s1. The summed E-state index contributed by atoms with van der Waals surface area (Å²) in [5, 5.41) is 8.87. The molecule has 1 aliphatic heterocycles. The molecule has 0 spiro atoms. The van der Waals surface area contributed by atoms with Gasteiger partial charge in [0, 0.05) is 68.1 Å². The summed E-state index contributed by atoms with van der Waals surface area (Å²) < 4.78 is 23.5. The average molecular weight is 621 g/mol. The maximum absolute atomic E-state index is 16.1. The molecule has 1 saturated heterocycles. The van der Waals surface area contributed by atoms with Crippen LogP contribution in [0.1, 0.15) is 28.8 Å². The number of aryl methyl sites for hydroxylation is 1. The van der Waals surface area contributed by atoms with Crippen molar-refractivity contribution in [3.05, 3.63) is 97.5 Å². The van der Waals surface area contributed by atoms with E-state index in [9.17, 15) is 19.2 Å². The summed E-state index contributed by atoms with van der Waals surface area (Å²) >= 11 is 6.66. The normalized spacial score (nSPS) is 14.4. The van der Waals surface area contributed by atoms with Gasteiger partial charge in [0.05, 0.1) is 23.5 Å². The number of methoxy groups -OCH3 is 1. The lowest BCUT2D eigenvalue weighted by Crippen LogP contribution is -2.40. The Balaban J connectivity index is 1.40. The number of pyridine rings is 1. The van der Waals surface area contributed by atoms with Gasteiger partial charge in [-0.3, -0.25) is 19.0 Å². The zero-order valence-corrected chi connectivity index (χ0v) is 25.0. The van der Waals surface area contributed by atoms with E-state index in [1.165, 1.54) is 27.3 Å². The molecule has 0 bridgehead atoms. The Morgan fingerprint density at radius 1 is 1.09 bits per heavy atom. The number of rotatable bonds is 9. The molecule has 13 heteroatoms. The summed E-state index contributed by atoms with van der Waals surface area (Å²) in [6, 6.07) is 13.1. The molecular weight excluding hydrogens is 591 g/mol. The third kappa shape index (κ3) is 6.12. The Kier molecular flexibility index (Phi) is 8.93. The topological polar surface area (TPSA) is 136 Å². The van der Waals surface area contributed by atoms with E-state index in [-0.39, 0.29) is 39.3 Å². The molecule has 2 aromatic heterocycles. The molecule has 3 heterocycles. The van der Waals surface area contributed by atoms with Gasteiger partial charge in [-0.1, -0.05) is 41.9 Å². The molecule has 0 radical (unpaired) electrons. The minimum atomic E-state index is -0.770. The maximum Gasteiger partial charge on any atom is 0.330 e. The molecule has 228 valence electrons. The monoisotopic (exact) mass is 620 g/mol. The summed E-state index contributed by atoms with van der Waals surface area (Å²) in [7, 11) is 4.19. The van der Waals surface area contributed by atoms with E-state index in [0.717, 1.165) is 27.3 Å². The lowest BCUT2D eigenvalue weighted by Gasteiger charge is -2.15. The predicted molar refractivity (Wildman–Crippen MR) is 164 cm³/mol. The van der Waals surface area contributed by atoms with E-state index in [4.69, 9.17) is 16.3 Å². The number of benzene rings is 2. The third-order valence-electron chi connectivity index (χ3n) is 7.43. The van der Waals surface area contributed by atoms with E-state index in [1.54, 1.807) is 42.5 Å². The molecule has 2 aromatic carbocycles. The molecule has 4 aromatic rings. The zero-order chi connectivity index (χ0) is 31.5. The fourth-order valence-electron chi connectivity index (χ4n) is 5.07. The highest BCUT2D eigenvalue weighted by Crippen LogP contribution is 2.38. The Hall–Kier alpha value is -4.81. The Bertz CT molecular complexity index is 1890. The molecule has 44 heavy (non-hydrogen) atoms. The molecule has 11 nitrogen and oxygen atoms in total. The number of nitrogens with zero attached hydrogens (tertiary/aromatic N) is 3. The first-order chi connectivity index (χ1) is 21.1. The fraction of sp³-hybridized carbons (Fsp3) is 0.258. The first kappa shape index (κ1) is 30.6. The second kappa shape index (κ2) is 12.8. The number of hydrogen-bond donors (Lipinski definition) is 3. The number of aromatic nitrogens is 3. The fourth-order valence-corrected chi connectivity index (χ4v) is 5.35. The van der Waals surface area contributed by atoms with Crippen molar-refractivity contribution in [2.24, 2.45) is 14.1 Å². The Morgan fingerprint density at radius 3 is 2.55 bits per heavy atom. The van der Waals surface area contributed by atoms with Crippen LogP contribution >= 0.6 is 11.6 Å². The van der Waals surface area contributed by atoms with Crippen molar-refractivity contribution in [1.82, 2.24) is 24.8 Å². The molecule has 1 fully saturated rings. The van der Waals surface area contributed by atoms with Gasteiger partial charge in [-0.15, -0.1) is 0 Å². The molecule has 3 N–H and O–H groups in total. The van der Waals surface area contributed by atoms with Crippen LogP contribution < -0.4 is 31.9 Å². The van der Waals surface area contributed by atoms with Crippen LogP contribution in [0.5, 0.6) is 5.88 Å². The van der Waals surface area contributed by atoms with Crippen LogP contribution in [0, 0.1) is 5.82 Å². The molecule has 2 amide bonds. The lowest BCUT2D eigenvalue weighted by atomic mass is 9.99. The molecule has 1 aliphatic rings. The number of nitrogens with one attached hydrogen (secondary N) is 3. The van der Waals surface area contributed by atoms with Crippen LogP contribution in [-0.4, -0.2) is 45.6 Å². The van der Waals surface area contributed by atoms with Crippen LogP contribution in [0.3, 0.4) is 0 Å². The summed E-state index contributed by atoms with van der Waals surface area (Å²) in [6.07, 6.45) is 2.46. The number of ether oxygens (including phenoxy) is 1. The molecule has 0 unspecified atom stereocenters. The number of halogens is 2. The van der Waals surface area contributed by atoms with E-state index < -0.39 is 23.0 Å². The highest BCUT2D eigenvalue weighted by molar-refractivity contribution is 6.36. The molecule has 1 atom stereocenters. The first-order valence-electron chi connectivity index (χ1n) is 13.8. The van der Waals surface area contributed by atoms with Crippen molar-refractivity contribution in [1.29, 1.82) is 0 Å². The van der Waals surface area contributed by atoms with Crippen LogP contribution in [0.4, 0.5) is 10.1 Å². The van der Waals surface area contributed by atoms with Crippen molar-refractivity contribution in [3.63, 3.8) is 0 Å². The van der Waals surface area contributed by atoms with Gasteiger partial charge in [-0.25, -0.2) is 14.2 Å². The summed E-state index contributed by atoms with van der Waals surface area (Å²) in [5.74, 6) is -0.964. The van der Waals surface area contributed by atoms with Crippen molar-refractivity contribution >= 4 is 29.1 Å². The predicted octanol–water partition coefficient (Wildman–Crippen LogP) is 3.23. The Labute approximate surface area is 256 Å². The number of hydrogen-bond acceptors (Lipinski definition) is 7. The van der Waals surface area contributed by atoms with Gasteiger partial charge in [-0.05, 0) is 24.6 Å². The second-order valence-electron chi connectivity index (χ2n) is 10.4. The molecule has 5 rings (SSSR count). The van der Waals surface area contributed by atoms with E-state index in [1.807, 2.05) is 0 Å². The van der Waals surface area contributed by atoms with Crippen molar-refractivity contribution in [2.45, 2.75) is 25.4 Å². The SMILES string of the molecule is COc1nc(-c2cccc(-c3cccc(NC(=O)c4cn(C)c(=O)n(C)c4=O)c3Cl)c2F)ccc1CNC[C@@H]1CCC(=O)N1. The van der Waals surface area contributed by atoms with E-state index >= 15 is 4.39 Å². The van der Waals surface area contributed by atoms with Gasteiger partial charge >= 0.3 is 5.69 Å². The molecular formula is C31H30ClFN6O5. The molecule has 0 aliphatic carbocycles. The number of carbonyl (C=O) groups is 2. The summed E-state index contributed by atoms with van der Waals surface area (Å²) in [4.78, 5) is 53.5. The van der Waals surface area contributed by atoms with Gasteiger partial charge in [0.25, 0.3) is 11.5 Å². The van der Waals surface area contributed by atoms with Crippen molar-refractivity contribution in [3.8, 4) is 28.3 Å². The largest absolute Gasteiger partial charge is 0.481 e. The quantitative estimate of drug-likeness (QED) is 0.261. The highest BCUT2D eigenvalue weighted by Gasteiger charge is 2.22. The summed E-state index contributed by atoms with van der Waals surface area (Å²) in [6.45, 7) is 1.06. The average Bonchev–Trinajstić information content (AvgIpc) is 3.44. The van der Waals surface area contributed by atoms with Crippen LogP contribution in [0.2, 0.25) is 5.02 Å². The highest BCUT2D eigenvalue weighted by atomic mass is 35.5. The minimum absolute atomic E-state index is 0.0517. The summed E-state index contributed by atoms with van der Waals surface area (Å²) in [5.41, 5.74) is 0.386. The van der Waals surface area contributed by atoms with Crippen LogP contribution in [0.15, 0.2) is 64.3 Å².